The topological polar surface area (TPSA) is 12.0 Å². The van der Waals surface area contributed by atoms with Gasteiger partial charge in [0.1, 0.15) is 0 Å². The lowest BCUT2D eigenvalue weighted by Crippen LogP contribution is -2.49. The predicted molar refractivity (Wildman–Crippen MR) is 92.7 cm³/mol. The van der Waals surface area contributed by atoms with Gasteiger partial charge >= 0.3 is 0 Å². The number of likely N-dealkylation sites (N-methyl/N-ethyl adjacent to an activating group) is 1. The largest absolute Gasteiger partial charge is 0.313 e. The summed E-state index contributed by atoms with van der Waals surface area (Å²) < 4.78 is 0. The second kappa shape index (κ2) is 7.79. The summed E-state index contributed by atoms with van der Waals surface area (Å²) in [7, 11) is 0. The summed E-state index contributed by atoms with van der Waals surface area (Å²) in [6.45, 7) is 9.53. The van der Waals surface area contributed by atoms with Gasteiger partial charge in [-0.15, -0.1) is 6.58 Å². The fourth-order valence-corrected chi connectivity index (χ4v) is 4.00. The van der Waals surface area contributed by atoms with Crippen LogP contribution in [0.15, 0.2) is 42.5 Å². The third kappa shape index (κ3) is 3.97. The molecule has 2 rings (SSSR count). The van der Waals surface area contributed by atoms with Crippen LogP contribution in [-0.2, 0) is 5.41 Å². The Kier molecular flexibility index (Phi) is 6.05. The van der Waals surface area contributed by atoms with Crippen LogP contribution in [0.1, 0.15) is 64.4 Å². The highest BCUT2D eigenvalue weighted by Gasteiger charge is 2.40. The van der Waals surface area contributed by atoms with Gasteiger partial charge in [-0.25, -0.2) is 0 Å². The van der Waals surface area contributed by atoms with Gasteiger partial charge < -0.3 is 5.32 Å². The van der Waals surface area contributed by atoms with Gasteiger partial charge in [-0.1, -0.05) is 62.1 Å². The first-order chi connectivity index (χ1) is 10.2. The van der Waals surface area contributed by atoms with Crippen molar-refractivity contribution in [3.8, 4) is 0 Å². The van der Waals surface area contributed by atoms with E-state index in [1.165, 1.54) is 49.7 Å². The van der Waals surface area contributed by atoms with E-state index in [9.17, 15) is 0 Å². The van der Waals surface area contributed by atoms with Gasteiger partial charge in [0.15, 0.2) is 0 Å². The first kappa shape index (κ1) is 16.3. The van der Waals surface area contributed by atoms with Crippen molar-refractivity contribution in [2.24, 2.45) is 0 Å². The van der Waals surface area contributed by atoms with Crippen LogP contribution < -0.4 is 5.32 Å². The van der Waals surface area contributed by atoms with Gasteiger partial charge in [-0.3, -0.25) is 0 Å². The quantitative estimate of drug-likeness (QED) is 0.677. The molecule has 1 fully saturated rings. The maximum atomic E-state index is 4.10. The lowest BCUT2D eigenvalue weighted by Gasteiger charge is -2.45. The molecule has 1 nitrogen and oxygen atoms in total. The summed E-state index contributed by atoms with van der Waals surface area (Å²) in [5.41, 5.74) is 3.17. The molecular formula is C20H31N. The van der Waals surface area contributed by atoms with Crippen molar-refractivity contribution in [2.75, 3.05) is 6.54 Å². The Balaban J connectivity index is 2.29. The zero-order valence-corrected chi connectivity index (χ0v) is 13.8. The smallest absolute Gasteiger partial charge is 0.0167 e. The van der Waals surface area contributed by atoms with E-state index in [1.54, 1.807) is 0 Å². The molecule has 0 saturated heterocycles. The molecule has 116 valence electrons. The minimum absolute atomic E-state index is 0.324. The summed E-state index contributed by atoms with van der Waals surface area (Å²) in [6, 6.07) is 11.8. The molecule has 0 aromatic heterocycles. The van der Waals surface area contributed by atoms with E-state index in [0.29, 0.717) is 11.5 Å². The second-order valence-electron chi connectivity index (χ2n) is 6.69. The molecule has 1 heteroatoms. The second-order valence-corrected chi connectivity index (χ2v) is 6.69. The summed E-state index contributed by atoms with van der Waals surface area (Å²) >= 11 is 0. The molecule has 21 heavy (non-hydrogen) atoms. The van der Waals surface area contributed by atoms with E-state index in [1.807, 2.05) is 0 Å². The highest BCUT2D eigenvalue weighted by atomic mass is 14.9. The molecule has 0 spiro atoms. The molecule has 0 radical (unpaired) electrons. The lowest BCUT2D eigenvalue weighted by atomic mass is 9.63. The highest BCUT2D eigenvalue weighted by Crippen LogP contribution is 2.43. The Labute approximate surface area is 130 Å². The molecule has 1 aromatic carbocycles. The Morgan fingerprint density at radius 2 is 1.86 bits per heavy atom. The monoisotopic (exact) mass is 285 g/mol. The van der Waals surface area contributed by atoms with Crippen LogP contribution >= 0.6 is 0 Å². The number of nitrogens with one attached hydrogen (secondary N) is 1. The van der Waals surface area contributed by atoms with E-state index < -0.39 is 0 Å². The summed E-state index contributed by atoms with van der Waals surface area (Å²) in [6.07, 6.45) is 9.11. The molecule has 1 N–H and O–H groups in total. The Morgan fingerprint density at radius 1 is 1.19 bits per heavy atom. The average Bonchev–Trinajstić information content (AvgIpc) is 2.53. The molecule has 1 aliphatic rings. The van der Waals surface area contributed by atoms with E-state index in [2.05, 4.69) is 56.1 Å². The molecule has 0 heterocycles. The van der Waals surface area contributed by atoms with Crippen LogP contribution in [0.2, 0.25) is 0 Å². The minimum atomic E-state index is 0.324. The third-order valence-corrected chi connectivity index (χ3v) is 5.07. The van der Waals surface area contributed by atoms with E-state index >= 15 is 0 Å². The molecule has 0 amide bonds. The first-order valence-electron chi connectivity index (χ1n) is 8.62. The van der Waals surface area contributed by atoms with Crippen molar-refractivity contribution in [3.63, 3.8) is 0 Å². The number of hydrogen-bond acceptors (Lipinski definition) is 1. The average molecular weight is 285 g/mol. The van der Waals surface area contributed by atoms with Crippen molar-refractivity contribution in [1.82, 2.24) is 5.32 Å². The molecule has 1 saturated carbocycles. The van der Waals surface area contributed by atoms with Crippen molar-refractivity contribution in [2.45, 2.75) is 70.3 Å². The number of benzene rings is 1. The Bertz CT molecular complexity index is 428. The standard InChI is InChI=1S/C20H31N/c1-4-21-19(14-13-17(2)3)20(15-9-6-10-16-20)18-11-7-5-8-12-18/h5,7-8,11-12,19,21H,2,4,6,9-10,13-16H2,1,3H3. The number of allylic oxidation sites excluding steroid dienone is 1. The minimum Gasteiger partial charge on any atom is -0.313 e. The zero-order chi connectivity index (χ0) is 15.1. The van der Waals surface area contributed by atoms with Gasteiger partial charge in [-0.05, 0) is 44.7 Å². The molecule has 1 atom stereocenters. The Morgan fingerprint density at radius 3 is 2.43 bits per heavy atom. The summed E-state index contributed by atoms with van der Waals surface area (Å²) in [4.78, 5) is 0. The SMILES string of the molecule is C=C(C)CCC(NCC)C1(c2ccccc2)CCCCC1. The molecule has 1 aliphatic carbocycles. The maximum absolute atomic E-state index is 4.10. The van der Waals surface area contributed by atoms with E-state index in [4.69, 9.17) is 0 Å². The van der Waals surface area contributed by atoms with Crippen molar-refractivity contribution in [1.29, 1.82) is 0 Å². The van der Waals surface area contributed by atoms with Crippen molar-refractivity contribution >= 4 is 0 Å². The van der Waals surface area contributed by atoms with Gasteiger partial charge in [0.05, 0.1) is 0 Å². The Hall–Kier alpha value is -1.08. The molecule has 0 bridgehead atoms. The van der Waals surface area contributed by atoms with Gasteiger partial charge in [0.2, 0.25) is 0 Å². The van der Waals surface area contributed by atoms with E-state index in [0.717, 1.165) is 13.0 Å². The summed E-state index contributed by atoms with van der Waals surface area (Å²) in [5, 5.41) is 3.81. The van der Waals surface area contributed by atoms with Crippen LogP contribution in [0.5, 0.6) is 0 Å². The molecule has 1 unspecified atom stereocenters. The molecule has 0 aliphatic heterocycles. The fourth-order valence-electron chi connectivity index (χ4n) is 4.00. The highest BCUT2D eigenvalue weighted by molar-refractivity contribution is 5.29. The fraction of sp³-hybridized carbons (Fsp3) is 0.600. The van der Waals surface area contributed by atoms with Gasteiger partial charge in [-0.2, -0.15) is 0 Å². The zero-order valence-electron chi connectivity index (χ0n) is 13.8. The third-order valence-electron chi connectivity index (χ3n) is 5.07. The molecular weight excluding hydrogens is 254 g/mol. The van der Waals surface area contributed by atoms with E-state index in [-0.39, 0.29) is 0 Å². The van der Waals surface area contributed by atoms with Crippen molar-refractivity contribution in [3.05, 3.63) is 48.0 Å². The van der Waals surface area contributed by atoms with Crippen LogP contribution in [-0.4, -0.2) is 12.6 Å². The lowest BCUT2D eigenvalue weighted by molar-refractivity contribution is 0.205. The summed E-state index contributed by atoms with van der Waals surface area (Å²) in [5.74, 6) is 0. The number of rotatable bonds is 7. The predicted octanol–water partition coefficient (Wildman–Crippen LogP) is 5.22. The maximum Gasteiger partial charge on any atom is 0.0167 e. The van der Waals surface area contributed by atoms with Crippen LogP contribution in [0.25, 0.3) is 0 Å². The van der Waals surface area contributed by atoms with Crippen LogP contribution in [0.3, 0.4) is 0 Å². The van der Waals surface area contributed by atoms with Crippen LogP contribution in [0.4, 0.5) is 0 Å². The van der Waals surface area contributed by atoms with Crippen LogP contribution in [0, 0.1) is 0 Å². The molecule has 1 aromatic rings. The van der Waals surface area contributed by atoms with Crippen molar-refractivity contribution < 1.29 is 0 Å². The number of hydrogen-bond donors (Lipinski definition) is 1. The first-order valence-corrected chi connectivity index (χ1v) is 8.62. The normalized spacial score (nSPS) is 19.1. The van der Waals surface area contributed by atoms with Gasteiger partial charge in [0, 0.05) is 11.5 Å². The van der Waals surface area contributed by atoms with Gasteiger partial charge in [0.25, 0.3) is 0 Å².